The molecular formula is C18H10ClN5. The maximum atomic E-state index is 6.03. The Bertz CT molecular complexity index is 1280. The summed E-state index contributed by atoms with van der Waals surface area (Å²) < 4.78 is 0. The van der Waals surface area contributed by atoms with Crippen molar-refractivity contribution in [3.63, 3.8) is 0 Å². The van der Waals surface area contributed by atoms with Crippen molar-refractivity contribution in [2.75, 3.05) is 5.73 Å². The molecule has 6 heteroatoms. The first kappa shape index (κ1) is 13.4. The molecule has 0 atom stereocenters. The first-order valence-corrected chi connectivity index (χ1v) is 7.80. The van der Waals surface area contributed by atoms with Crippen LogP contribution in [0.5, 0.6) is 0 Å². The average molecular weight is 332 g/mol. The minimum absolute atomic E-state index is 0.140. The van der Waals surface area contributed by atoms with Crippen LogP contribution < -0.4 is 5.73 Å². The second-order valence-electron chi connectivity index (χ2n) is 5.59. The number of nitrogens with zero attached hydrogens (tertiary/aromatic N) is 4. The van der Waals surface area contributed by atoms with E-state index in [4.69, 9.17) is 22.3 Å². The first-order valence-electron chi connectivity index (χ1n) is 7.42. The first-order chi connectivity index (χ1) is 11.7. The van der Waals surface area contributed by atoms with Gasteiger partial charge in [-0.15, -0.1) is 10.2 Å². The molecule has 2 N–H and O–H groups in total. The standard InChI is InChI=1S/C18H10ClN5/c19-17-13(20)16-18(24-23-17)22-15-12-8-4-2-6-10(12)9-5-1-3-7-11(9)14(15)21-16/h1-8H,(H2,20,22,24). The number of rotatable bonds is 0. The van der Waals surface area contributed by atoms with Crippen molar-refractivity contribution in [2.45, 2.75) is 0 Å². The molecule has 0 spiro atoms. The summed E-state index contributed by atoms with van der Waals surface area (Å²) >= 11 is 5.99. The lowest BCUT2D eigenvalue weighted by Gasteiger charge is -2.10. The van der Waals surface area contributed by atoms with Gasteiger partial charge in [0.05, 0.1) is 11.0 Å². The molecule has 2 heterocycles. The zero-order valence-electron chi connectivity index (χ0n) is 12.4. The quantitative estimate of drug-likeness (QED) is 0.341. The van der Waals surface area contributed by atoms with Gasteiger partial charge in [-0.3, -0.25) is 0 Å². The lowest BCUT2D eigenvalue weighted by atomic mass is 9.99. The molecule has 0 saturated carbocycles. The third-order valence-corrected chi connectivity index (χ3v) is 4.52. The van der Waals surface area contributed by atoms with Crippen molar-refractivity contribution in [2.24, 2.45) is 0 Å². The summed E-state index contributed by atoms with van der Waals surface area (Å²) in [6, 6.07) is 16.3. The van der Waals surface area contributed by atoms with Gasteiger partial charge < -0.3 is 5.73 Å². The number of halogens is 1. The number of hydrogen-bond donors (Lipinski definition) is 1. The van der Waals surface area contributed by atoms with E-state index in [1.807, 2.05) is 36.4 Å². The minimum Gasteiger partial charge on any atom is -0.394 e. The highest BCUT2D eigenvalue weighted by atomic mass is 35.5. The van der Waals surface area contributed by atoms with Crippen LogP contribution in [0.4, 0.5) is 5.69 Å². The Morgan fingerprint density at radius 2 is 1.21 bits per heavy atom. The molecule has 0 radical (unpaired) electrons. The van der Waals surface area contributed by atoms with Gasteiger partial charge in [-0.05, 0) is 10.8 Å². The van der Waals surface area contributed by atoms with Gasteiger partial charge >= 0.3 is 0 Å². The maximum Gasteiger partial charge on any atom is 0.203 e. The van der Waals surface area contributed by atoms with Crippen molar-refractivity contribution in [3.8, 4) is 0 Å². The molecule has 0 saturated heterocycles. The van der Waals surface area contributed by atoms with Gasteiger partial charge in [0.2, 0.25) is 5.65 Å². The number of nitrogen functional groups attached to an aromatic ring is 1. The SMILES string of the molecule is Nc1c(Cl)nnc2nc3c4ccccc4c4ccccc4c3nc12. The number of hydrogen-bond acceptors (Lipinski definition) is 5. The number of anilines is 1. The van der Waals surface area contributed by atoms with E-state index in [2.05, 4.69) is 27.3 Å². The fraction of sp³-hybridized carbons (Fsp3) is 0. The fourth-order valence-electron chi connectivity index (χ4n) is 3.14. The van der Waals surface area contributed by atoms with Gasteiger partial charge in [0.1, 0.15) is 11.2 Å². The zero-order chi connectivity index (χ0) is 16.3. The lowest BCUT2D eigenvalue weighted by Crippen LogP contribution is -2.00. The number of nitrogens with two attached hydrogens (primary N) is 1. The van der Waals surface area contributed by atoms with Crippen LogP contribution in [0.2, 0.25) is 5.15 Å². The van der Waals surface area contributed by atoms with Gasteiger partial charge in [-0.25, -0.2) is 9.97 Å². The van der Waals surface area contributed by atoms with E-state index in [1.54, 1.807) is 0 Å². The van der Waals surface area contributed by atoms with Crippen LogP contribution in [0.3, 0.4) is 0 Å². The summed E-state index contributed by atoms with van der Waals surface area (Å²) in [6.07, 6.45) is 0. The normalized spacial score (nSPS) is 11.7. The summed E-state index contributed by atoms with van der Waals surface area (Å²) in [5, 5.41) is 12.3. The summed E-state index contributed by atoms with van der Waals surface area (Å²) in [7, 11) is 0. The van der Waals surface area contributed by atoms with E-state index < -0.39 is 0 Å². The highest BCUT2D eigenvalue weighted by Gasteiger charge is 2.15. The van der Waals surface area contributed by atoms with E-state index in [-0.39, 0.29) is 5.15 Å². The van der Waals surface area contributed by atoms with Crippen LogP contribution in [0, 0.1) is 0 Å². The Labute approximate surface area is 141 Å². The third-order valence-electron chi connectivity index (χ3n) is 4.24. The Kier molecular flexibility index (Phi) is 2.64. The summed E-state index contributed by atoms with van der Waals surface area (Å²) in [6.45, 7) is 0. The molecule has 2 aromatic heterocycles. The van der Waals surface area contributed by atoms with Crippen molar-refractivity contribution in [1.82, 2.24) is 20.2 Å². The Balaban J connectivity index is 2.14. The molecule has 5 aromatic rings. The van der Waals surface area contributed by atoms with Crippen molar-refractivity contribution >= 4 is 61.0 Å². The van der Waals surface area contributed by atoms with Gasteiger partial charge in [0, 0.05) is 10.8 Å². The Morgan fingerprint density at radius 3 is 1.83 bits per heavy atom. The lowest BCUT2D eigenvalue weighted by molar-refractivity contribution is 1.05. The second-order valence-corrected chi connectivity index (χ2v) is 5.95. The van der Waals surface area contributed by atoms with Crippen molar-refractivity contribution in [3.05, 3.63) is 53.7 Å². The number of benzene rings is 3. The van der Waals surface area contributed by atoms with Crippen LogP contribution in [-0.2, 0) is 0 Å². The number of aromatic nitrogens is 4. The topological polar surface area (TPSA) is 77.6 Å². The summed E-state index contributed by atoms with van der Waals surface area (Å²) in [4.78, 5) is 9.43. The van der Waals surface area contributed by atoms with E-state index in [1.165, 1.54) is 0 Å². The molecule has 0 amide bonds. The van der Waals surface area contributed by atoms with Crippen molar-refractivity contribution in [1.29, 1.82) is 0 Å². The minimum atomic E-state index is 0.140. The molecule has 114 valence electrons. The molecular weight excluding hydrogens is 322 g/mol. The van der Waals surface area contributed by atoms with Gasteiger partial charge in [0.25, 0.3) is 0 Å². The van der Waals surface area contributed by atoms with Crippen LogP contribution in [0.15, 0.2) is 48.5 Å². The predicted molar refractivity (Wildman–Crippen MR) is 97.1 cm³/mol. The van der Waals surface area contributed by atoms with Gasteiger partial charge in [-0.1, -0.05) is 60.1 Å². The van der Waals surface area contributed by atoms with Gasteiger partial charge in [0.15, 0.2) is 5.15 Å². The highest BCUT2D eigenvalue weighted by Crippen LogP contribution is 2.34. The molecule has 0 aliphatic carbocycles. The molecule has 0 bridgehead atoms. The molecule has 5 nitrogen and oxygen atoms in total. The van der Waals surface area contributed by atoms with E-state index in [0.29, 0.717) is 16.9 Å². The second kappa shape index (κ2) is 4.72. The molecule has 24 heavy (non-hydrogen) atoms. The Morgan fingerprint density at radius 1 is 0.667 bits per heavy atom. The zero-order valence-corrected chi connectivity index (χ0v) is 13.1. The van der Waals surface area contributed by atoms with Crippen LogP contribution in [0.1, 0.15) is 0 Å². The number of fused-ring (bicyclic) bond motifs is 7. The maximum absolute atomic E-state index is 6.03. The smallest absolute Gasteiger partial charge is 0.203 e. The van der Waals surface area contributed by atoms with Gasteiger partial charge in [-0.2, -0.15) is 0 Å². The molecule has 0 aliphatic rings. The fourth-order valence-corrected chi connectivity index (χ4v) is 3.27. The summed E-state index contributed by atoms with van der Waals surface area (Å²) in [5.74, 6) is 0. The predicted octanol–water partition coefficient (Wildman–Crippen LogP) is 4.12. The molecule has 5 rings (SSSR count). The van der Waals surface area contributed by atoms with Crippen LogP contribution in [0.25, 0.3) is 43.7 Å². The highest BCUT2D eigenvalue weighted by molar-refractivity contribution is 6.33. The van der Waals surface area contributed by atoms with Crippen LogP contribution in [-0.4, -0.2) is 20.2 Å². The average Bonchev–Trinajstić information content (AvgIpc) is 2.64. The van der Waals surface area contributed by atoms with Crippen LogP contribution >= 0.6 is 11.6 Å². The summed E-state index contributed by atoms with van der Waals surface area (Å²) in [5.41, 5.74) is 8.77. The van der Waals surface area contributed by atoms with Crippen molar-refractivity contribution < 1.29 is 0 Å². The molecule has 3 aromatic carbocycles. The monoisotopic (exact) mass is 331 g/mol. The Hall–Kier alpha value is -3.05. The van der Waals surface area contributed by atoms with E-state index in [9.17, 15) is 0 Å². The van der Waals surface area contributed by atoms with E-state index in [0.717, 1.165) is 32.6 Å². The molecule has 0 aliphatic heterocycles. The molecule has 0 unspecified atom stereocenters. The molecule has 0 fully saturated rings. The largest absolute Gasteiger partial charge is 0.394 e. The third kappa shape index (κ3) is 1.70. The van der Waals surface area contributed by atoms with E-state index >= 15 is 0 Å².